The van der Waals surface area contributed by atoms with Crippen molar-refractivity contribution in [2.75, 3.05) is 0 Å². The summed E-state index contributed by atoms with van der Waals surface area (Å²) in [7, 11) is 0. The van der Waals surface area contributed by atoms with Gasteiger partial charge in [-0.25, -0.2) is 0 Å². The second kappa shape index (κ2) is 4.04. The molecular weight excluding hydrogens is 152 g/mol. The molecule has 0 aliphatic heterocycles. The molecule has 0 aliphatic carbocycles. The van der Waals surface area contributed by atoms with E-state index in [-0.39, 0.29) is 0 Å². The van der Waals surface area contributed by atoms with Crippen molar-refractivity contribution in [3.63, 3.8) is 0 Å². The number of hydrogen-bond donors (Lipinski definition) is 0. The summed E-state index contributed by atoms with van der Waals surface area (Å²) >= 11 is 0. The maximum Gasteiger partial charge on any atom is 0.126 e. The highest BCUT2D eigenvalue weighted by Crippen LogP contribution is 2.08. The maximum atomic E-state index is 10.2. The highest BCUT2D eigenvalue weighted by Gasteiger charge is 2.03. The van der Waals surface area contributed by atoms with Gasteiger partial charge in [-0.2, -0.15) is 5.10 Å². The lowest BCUT2D eigenvalue weighted by molar-refractivity contribution is -0.107. The molecule has 12 heavy (non-hydrogen) atoms. The minimum absolute atomic E-state index is 0.420. The van der Waals surface area contributed by atoms with Crippen LogP contribution in [-0.4, -0.2) is 16.1 Å². The quantitative estimate of drug-likeness (QED) is 0.637. The highest BCUT2D eigenvalue weighted by molar-refractivity contribution is 5.53. The minimum atomic E-state index is 0.420. The van der Waals surface area contributed by atoms with Crippen molar-refractivity contribution >= 4 is 6.29 Å². The van der Waals surface area contributed by atoms with Crippen molar-refractivity contribution < 1.29 is 4.79 Å². The number of carbonyl (C=O) groups is 1. The van der Waals surface area contributed by atoms with Gasteiger partial charge in [0.2, 0.25) is 0 Å². The van der Waals surface area contributed by atoms with Crippen molar-refractivity contribution in [2.24, 2.45) is 0 Å². The van der Waals surface area contributed by atoms with Gasteiger partial charge >= 0.3 is 0 Å². The van der Waals surface area contributed by atoms with Crippen molar-refractivity contribution in [3.8, 4) is 0 Å². The fraction of sp³-hybridized carbons (Fsp3) is 0.556. The Bertz CT molecular complexity index is 255. The third-order valence-corrected chi connectivity index (χ3v) is 2.00. The molecule has 1 rings (SSSR count). The van der Waals surface area contributed by atoms with Crippen LogP contribution in [0.5, 0.6) is 0 Å². The SMILES string of the molecule is CCC(C)n1ccc(CC=O)n1. The largest absolute Gasteiger partial charge is 0.303 e. The molecular formula is C9H14N2O. The van der Waals surface area contributed by atoms with E-state index in [2.05, 4.69) is 18.9 Å². The second-order valence-electron chi connectivity index (χ2n) is 2.92. The number of aromatic nitrogens is 2. The second-order valence-corrected chi connectivity index (χ2v) is 2.92. The summed E-state index contributed by atoms with van der Waals surface area (Å²) in [5.41, 5.74) is 0.852. The number of hydrogen-bond acceptors (Lipinski definition) is 2. The Morgan fingerprint density at radius 3 is 3.08 bits per heavy atom. The summed E-state index contributed by atoms with van der Waals surface area (Å²) in [6, 6.07) is 2.31. The normalized spacial score (nSPS) is 12.8. The van der Waals surface area contributed by atoms with Gasteiger partial charge in [0.1, 0.15) is 6.29 Å². The van der Waals surface area contributed by atoms with Crippen LogP contribution in [0.2, 0.25) is 0 Å². The number of carbonyl (C=O) groups excluding carboxylic acids is 1. The molecule has 0 amide bonds. The smallest absolute Gasteiger partial charge is 0.126 e. The van der Waals surface area contributed by atoms with Crippen molar-refractivity contribution in [1.29, 1.82) is 0 Å². The van der Waals surface area contributed by atoms with E-state index in [1.165, 1.54) is 0 Å². The first kappa shape index (κ1) is 8.97. The maximum absolute atomic E-state index is 10.2. The summed E-state index contributed by atoms with van der Waals surface area (Å²) < 4.78 is 1.90. The lowest BCUT2D eigenvalue weighted by Crippen LogP contribution is -2.04. The Morgan fingerprint density at radius 1 is 1.75 bits per heavy atom. The van der Waals surface area contributed by atoms with Crippen LogP contribution in [0.15, 0.2) is 12.3 Å². The van der Waals surface area contributed by atoms with Gasteiger partial charge < -0.3 is 4.79 Å². The van der Waals surface area contributed by atoms with Crippen molar-refractivity contribution in [3.05, 3.63) is 18.0 Å². The number of aldehydes is 1. The van der Waals surface area contributed by atoms with Gasteiger partial charge in [-0.15, -0.1) is 0 Å². The van der Waals surface area contributed by atoms with Crippen LogP contribution in [0.25, 0.3) is 0 Å². The molecule has 0 aromatic carbocycles. The fourth-order valence-corrected chi connectivity index (χ4v) is 1.00. The molecule has 0 fully saturated rings. The molecule has 1 aromatic rings. The van der Waals surface area contributed by atoms with E-state index >= 15 is 0 Å². The molecule has 1 heterocycles. The lowest BCUT2D eigenvalue weighted by Gasteiger charge is -2.07. The summed E-state index contributed by atoms with van der Waals surface area (Å²) in [6.45, 7) is 4.23. The predicted molar refractivity (Wildman–Crippen MR) is 47.0 cm³/mol. The Kier molecular flexibility index (Phi) is 3.02. The van der Waals surface area contributed by atoms with Crippen LogP contribution in [0.3, 0.4) is 0 Å². The molecule has 0 spiro atoms. The van der Waals surface area contributed by atoms with Crippen LogP contribution in [0.4, 0.5) is 0 Å². The molecule has 0 bridgehead atoms. The van der Waals surface area contributed by atoms with Gasteiger partial charge in [0.25, 0.3) is 0 Å². The molecule has 66 valence electrons. The molecule has 3 heteroatoms. The Morgan fingerprint density at radius 2 is 2.50 bits per heavy atom. The Balaban J connectivity index is 2.69. The van der Waals surface area contributed by atoms with Crippen molar-refractivity contribution in [2.45, 2.75) is 32.7 Å². The molecule has 1 aromatic heterocycles. The van der Waals surface area contributed by atoms with E-state index in [4.69, 9.17) is 0 Å². The number of rotatable bonds is 4. The third kappa shape index (κ3) is 1.94. The monoisotopic (exact) mass is 166 g/mol. The molecule has 0 N–H and O–H groups in total. The first-order valence-electron chi connectivity index (χ1n) is 4.25. The molecule has 0 saturated carbocycles. The standard InChI is InChI=1S/C9H14N2O/c1-3-8(2)11-6-4-9(10-11)5-7-12/h4,6-8H,3,5H2,1-2H3. The summed E-state index contributed by atoms with van der Waals surface area (Å²) in [6.07, 6.45) is 4.28. The first-order valence-corrected chi connectivity index (χ1v) is 4.25. The van der Waals surface area contributed by atoms with Gasteiger partial charge in [0.05, 0.1) is 5.69 Å². The molecule has 1 unspecified atom stereocenters. The molecule has 3 nitrogen and oxygen atoms in total. The van der Waals surface area contributed by atoms with Crippen LogP contribution < -0.4 is 0 Å². The summed E-state index contributed by atoms with van der Waals surface area (Å²) in [4.78, 5) is 10.2. The molecule has 0 saturated heterocycles. The molecule has 1 atom stereocenters. The van der Waals surface area contributed by atoms with E-state index in [1.807, 2.05) is 16.9 Å². The van der Waals surface area contributed by atoms with Gasteiger partial charge in [0, 0.05) is 18.7 Å². The molecule has 0 radical (unpaired) electrons. The van der Waals surface area contributed by atoms with Crippen LogP contribution in [-0.2, 0) is 11.2 Å². The number of nitrogens with zero attached hydrogens (tertiary/aromatic N) is 2. The first-order chi connectivity index (χ1) is 5.77. The molecule has 0 aliphatic rings. The minimum Gasteiger partial charge on any atom is -0.303 e. The average molecular weight is 166 g/mol. The fourth-order valence-electron chi connectivity index (χ4n) is 1.00. The van der Waals surface area contributed by atoms with Gasteiger partial charge in [0.15, 0.2) is 0 Å². The average Bonchev–Trinajstić information content (AvgIpc) is 2.52. The van der Waals surface area contributed by atoms with Crippen LogP contribution in [0, 0.1) is 0 Å². The third-order valence-electron chi connectivity index (χ3n) is 2.00. The summed E-state index contributed by atoms with van der Waals surface area (Å²) in [5, 5.41) is 4.26. The van der Waals surface area contributed by atoms with E-state index in [0.29, 0.717) is 12.5 Å². The van der Waals surface area contributed by atoms with Crippen LogP contribution >= 0.6 is 0 Å². The van der Waals surface area contributed by atoms with Crippen molar-refractivity contribution in [1.82, 2.24) is 9.78 Å². The zero-order valence-electron chi connectivity index (χ0n) is 7.53. The predicted octanol–water partition coefficient (Wildman–Crippen LogP) is 1.60. The zero-order chi connectivity index (χ0) is 8.97. The zero-order valence-corrected chi connectivity index (χ0v) is 7.53. The van der Waals surface area contributed by atoms with E-state index in [0.717, 1.165) is 18.4 Å². The van der Waals surface area contributed by atoms with Gasteiger partial charge in [-0.1, -0.05) is 6.92 Å². The Labute approximate surface area is 72.4 Å². The van der Waals surface area contributed by atoms with Crippen LogP contribution in [0.1, 0.15) is 32.0 Å². The Hall–Kier alpha value is -1.12. The van der Waals surface area contributed by atoms with Gasteiger partial charge in [-0.05, 0) is 19.4 Å². The van der Waals surface area contributed by atoms with Gasteiger partial charge in [-0.3, -0.25) is 4.68 Å². The van der Waals surface area contributed by atoms with E-state index in [1.54, 1.807) is 0 Å². The lowest BCUT2D eigenvalue weighted by atomic mass is 10.3. The van der Waals surface area contributed by atoms with E-state index < -0.39 is 0 Å². The summed E-state index contributed by atoms with van der Waals surface area (Å²) in [5.74, 6) is 0. The highest BCUT2D eigenvalue weighted by atomic mass is 16.1. The topological polar surface area (TPSA) is 34.9 Å². The van der Waals surface area contributed by atoms with E-state index in [9.17, 15) is 4.79 Å².